The molecule has 3 N–H and O–H groups in total. The van der Waals surface area contributed by atoms with Crippen LogP contribution in [0.3, 0.4) is 0 Å². The summed E-state index contributed by atoms with van der Waals surface area (Å²) in [4.78, 5) is 31.6. The van der Waals surface area contributed by atoms with Gasteiger partial charge in [-0.15, -0.1) is 0 Å². The largest absolute Gasteiger partial charge is 0.504 e. The topological polar surface area (TPSA) is 123 Å². The predicted molar refractivity (Wildman–Crippen MR) is 111 cm³/mol. The van der Waals surface area contributed by atoms with Crippen molar-refractivity contribution >= 4 is 34.3 Å². The van der Waals surface area contributed by atoms with Crippen LogP contribution in [-0.4, -0.2) is 41.2 Å². The lowest BCUT2D eigenvalue weighted by Crippen LogP contribution is -2.28. The molecule has 3 aromatic rings. The number of methoxy groups -OCH3 is 2. The van der Waals surface area contributed by atoms with Gasteiger partial charge in [-0.05, 0) is 23.8 Å². The number of nitrogens with one attached hydrogen (secondary N) is 2. The van der Waals surface area contributed by atoms with E-state index in [0.29, 0.717) is 22.5 Å². The van der Waals surface area contributed by atoms with Crippen molar-refractivity contribution in [2.45, 2.75) is 19.4 Å². The maximum atomic E-state index is 11.7. The number of anilines is 2. The first-order valence-corrected chi connectivity index (χ1v) is 9.14. The number of phenols is 1. The predicted octanol–water partition coefficient (Wildman–Crippen LogP) is 2.83. The zero-order chi connectivity index (χ0) is 21.7. The lowest BCUT2D eigenvalue weighted by Gasteiger charge is -2.18. The van der Waals surface area contributed by atoms with Crippen LogP contribution in [0.25, 0.3) is 10.9 Å². The van der Waals surface area contributed by atoms with Crippen molar-refractivity contribution in [2.24, 2.45) is 0 Å². The smallest absolute Gasteiger partial charge is 0.307 e. The number of carbonyl (C=O) groups is 2. The second kappa shape index (κ2) is 9.08. The Balaban J connectivity index is 1.85. The summed E-state index contributed by atoms with van der Waals surface area (Å²) in [5.41, 5.74) is 2.10. The van der Waals surface area contributed by atoms with Crippen molar-refractivity contribution < 1.29 is 24.2 Å². The summed E-state index contributed by atoms with van der Waals surface area (Å²) >= 11 is 0. The van der Waals surface area contributed by atoms with E-state index >= 15 is 0 Å². The number of benzene rings is 2. The second-order valence-electron chi connectivity index (χ2n) is 6.54. The molecule has 0 aliphatic heterocycles. The number of carbonyl (C=O) groups excluding carboxylic acids is 2. The number of ether oxygens (including phenoxy) is 2. The summed E-state index contributed by atoms with van der Waals surface area (Å²) in [5, 5.41) is 16.6. The normalized spacial score (nSPS) is 11.6. The van der Waals surface area contributed by atoms with Gasteiger partial charge in [-0.2, -0.15) is 0 Å². The molecule has 0 bridgehead atoms. The van der Waals surface area contributed by atoms with E-state index in [1.165, 1.54) is 33.5 Å². The van der Waals surface area contributed by atoms with Crippen LogP contribution in [0.2, 0.25) is 0 Å². The molecule has 2 aromatic carbocycles. The molecular weight excluding hydrogens is 388 g/mol. The van der Waals surface area contributed by atoms with E-state index in [4.69, 9.17) is 9.47 Å². The van der Waals surface area contributed by atoms with Crippen LogP contribution in [0.15, 0.2) is 42.7 Å². The van der Waals surface area contributed by atoms with Gasteiger partial charge in [0.15, 0.2) is 11.5 Å². The Kier molecular flexibility index (Phi) is 6.31. The van der Waals surface area contributed by atoms with Crippen molar-refractivity contribution in [1.82, 2.24) is 15.3 Å². The van der Waals surface area contributed by atoms with Crippen LogP contribution in [0.1, 0.15) is 24.9 Å². The monoisotopic (exact) mass is 410 g/mol. The number of fused-ring (bicyclic) bond motifs is 1. The number of amides is 1. The Morgan fingerprint density at radius 1 is 1.13 bits per heavy atom. The fraction of sp³-hybridized carbons (Fsp3) is 0.238. The number of hydrogen-bond donors (Lipinski definition) is 3. The molecule has 156 valence electrons. The van der Waals surface area contributed by atoms with Crippen molar-refractivity contribution in [1.29, 1.82) is 0 Å². The molecule has 1 atom stereocenters. The molecule has 9 heteroatoms. The number of nitrogens with zero attached hydrogens (tertiary/aromatic N) is 2. The van der Waals surface area contributed by atoms with Crippen molar-refractivity contribution in [3.05, 3.63) is 48.3 Å². The molecule has 0 aliphatic rings. The number of phenolic OH excluding ortho intramolecular Hbond substituents is 1. The molecule has 1 amide bonds. The van der Waals surface area contributed by atoms with Crippen LogP contribution in [-0.2, 0) is 14.3 Å². The van der Waals surface area contributed by atoms with Crippen molar-refractivity contribution in [3.63, 3.8) is 0 Å². The van der Waals surface area contributed by atoms with Crippen LogP contribution in [0.4, 0.5) is 11.5 Å². The number of aromatic nitrogens is 2. The molecule has 0 aliphatic carbocycles. The van der Waals surface area contributed by atoms with Crippen LogP contribution >= 0.6 is 0 Å². The minimum atomic E-state index is -0.492. The second-order valence-corrected chi connectivity index (χ2v) is 6.54. The minimum absolute atomic E-state index is 0.0147. The Labute approximate surface area is 173 Å². The van der Waals surface area contributed by atoms with Gasteiger partial charge in [-0.1, -0.05) is 12.1 Å². The zero-order valence-corrected chi connectivity index (χ0v) is 16.8. The quantitative estimate of drug-likeness (QED) is 0.508. The molecule has 1 aromatic heterocycles. The Bertz CT molecular complexity index is 1070. The Hall–Kier alpha value is -3.88. The summed E-state index contributed by atoms with van der Waals surface area (Å²) in [5.74, 6) is 0.163. The van der Waals surface area contributed by atoms with Gasteiger partial charge in [0.25, 0.3) is 0 Å². The van der Waals surface area contributed by atoms with Gasteiger partial charge in [-0.25, -0.2) is 9.97 Å². The third-order valence-electron chi connectivity index (χ3n) is 4.49. The Morgan fingerprint density at radius 2 is 1.87 bits per heavy atom. The molecule has 0 saturated carbocycles. The highest BCUT2D eigenvalue weighted by molar-refractivity contribution is 5.93. The fourth-order valence-electron chi connectivity index (χ4n) is 3.02. The van der Waals surface area contributed by atoms with E-state index < -0.39 is 12.0 Å². The average Bonchev–Trinajstić information content (AvgIpc) is 2.73. The number of rotatable bonds is 7. The first kappa shape index (κ1) is 20.8. The summed E-state index contributed by atoms with van der Waals surface area (Å²) in [6, 6.07) is 9.89. The van der Waals surface area contributed by atoms with Gasteiger partial charge in [0.2, 0.25) is 5.91 Å². The van der Waals surface area contributed by atoms with Crippen LogP contribution in [0.5, 0.6) is 11.5 Å². The van der Waals surface area contributed by atoms with Crippen LogP contribution < -0.4 is 15.4 Å². The number of hydrogen-bond acceptors (Lipinski definition) is 8. The van der Waals surface area contributed by atoms with Gasteiger partial charge >= 0.3 is 5.97 Å². The molecule has 0 fully saturated rings. The summed E-state index contributed by atoms with van der Waals surface area (Å²) in [7, 11) is 2.77. The van der Waals surface area contributed by atoms with Gasteiger partial charge in [0.1, 0.15) is 12.1 Å². The molecule has 0 radical (unpaired) electrons. The summed E-state index contributed by atoms with van der Waals surface area (Å²) < 4.78 is 9.82. The van der Waals surface area contributed by atoms with E-state index in [0.717, 1.165) is 11.3 Å². The molecule has 0 spiro atoms. The highest BCUT2D eigenvalue weighted by Gasteiger charge is 2.17. The molecule has 0 saturated heterocycles. The maximum Gasteiger partial charge on any atom is 0.307 e. The number of esters is 1. The first-order chi connectivity index (χ1) is 14.4. The van der Waals surface area contributed by atoms with Crippen molar-refractivity contribution in [3.8, 4) is 11.5 Å². The standard InChI is InChI=1S/C21H22N4O5/c1-12(26)24-16(10-20(28)30-3)13-4-6-14(7-5-13)25-21-15-8-18(27)19(29-2)9-17(15)22-11-23-21/h4-9,11,16,27H,10H2,1-3H3,(H,24,26)(H,22,23,25). The van der Waals surface area contributed by atoms with Gasteiger partial charge < -0.3 is 25.2 Å². The SMILES string of the molecule is COC(=O)CC(NC(C)=O)c1ccc(Nc2ncnc3cc(OC)c(O)cc23)cc1. The molecule has 1 unspecified atom stereocenters. The lowest BCUT2D eigenvalue weighted by molar-refractivity contribution is -0.141. The van der Waals surface area contributed by atoms with Crippen LogP contribution in [0, 0.1) is 0 Å². The van der Waals surface area contributed by atoms with Gasteiger partial charge in [-0.3, -0.25) is 9.59 Å². The highest BCUT2D eigenvalue weighted by Crippen LogP contribution is 2.33. The van der Waals surface area contributed by atoms with E-state index in [-0.39, 0.29) is 18.1 Å². The molecule has 1 heterocycles. The van der Waals surface area contributed by atoms with Gasteiger partial charge in [0, 0.05) is 24.1 Å². The number of aromatic hydroxyl groups is 1. The fourth-order valence-corrected chi connectivity index (χ4v) is 3.02. The molecule has 3 rings (SSSR count). The third kappa shape index (κ3) is 4.75. The highest BCUT2D eigenvalue weighted by atomic mass is 16.5. The maximum absolute atomic E-state index is 11.7. The van der Waals surface area contributed by atoms with Crippen molar-refractivity contribution in [2.75, 3.05) is 19.5 Å². The van der Waals surface area contributed by atoms with E-state index in [1.54, 1.807) is 30.3 Å². The van der Waals surface area contributed by atoms with E-state index in [1.807, 2.05) is 0 Å². The Morgan fingerprint density at radius 3 is 2.50 bits per heavy atom. The molecule has 9 nitrogen and oxygen atoms in total. The van der Waals surface area contributed by atoms with Gasteiger partial charge in [0.05, 0.1) is 32.2 Å². The average molecular weight is 410 g/mol. The lowest BCUT2D eigenvalue weighted by atomic mass is 10.0. The first-order valence-electron chi connectivity index (χ1n) is 9.14. The molecule has 30 heavy (non-hydrogen) atoms. The zero-order valence-electron chi connectivity index (χ0n) is 16.8. The summed E-state index contributed by atoms with van der Waals surface area (Å²) in [6.07, 6.45) is 1.44. The third-order valence-corrected chi connectivity index (χ3v) is 4.49. The summed E-state index contributed by atoms with van der Waals surface area (Å²) in [6.45, 7) is 1.39. The minimum Gasteiger partial charge on any atom is -0.504 e. The van der Waals surface area contributed by atoms with E-state index in [9.17, 15) is 14.7 Å². The van der Waals surface area contributed by atoms with E-state index in [2.05, 4.69) is 20.6 Å². The molecular formula is C21H22N4O5.